The normalized spacial score (nSPS) is 22.3. The van der Waals surface area contributed by atoms with Crippen LogP contribution in [0.2, 0.25) is 6.04 Å². The zero-order valence-electron chi connectivity index (χ0n) is 19.5. The van der Waals surface area contributed by atoms with E-state index in [2.05, 4.69) is 0 Å². The van der Waals surface area contributed by atoms with Crippen LogP contribution in [0, 0.1) is 0 Å². The zero-order chi connectivity index (χ0) is 26.7. The summed E-state index contributed by atoms with van der Waals surface area (Å²) in [6.07, 6.45) is -1.32. The first-order valence-corrected chi connectivity index (χ1v) is 15.4. The number of hydrogen-bond acceptors (Lipinski definition) is 7. The maximum atomic E-state index is 13.7. The molecule has 1 atom stereocenters. The van der Waals surface area contributed by atoms with E-state index in [1.165, 1.54) is 21.3 Å². The fourth-order valence-corrected chi connectivity index (χ4v) is 11.4. The molecule has 0 aromatic carbocycles. The molecule has 1 heterocycles. The molecule has 204 valence electrons. The minimum atomic E-state index is -6.80. The maximum Gasteiger partial charge on any atom is 0.504 e. The molecule has 0 bridgehead atoms. The molecule has 1 rings (SSSR count). The van der Waals surface area contributed by atoms with Gasteiger partial charge in [0.15, 0.2) is 0 Å². The molecule has 1 aliphatic heterocycles. The lowest BCUT2D eigenvalue weighted by molar-refractivity contribution is -0.936. The van der Waals surface area contributed by atoms with Crippen molar-refractivity contribution in [1.29, 1.82) is 0 Å². The van der Waals surface area contributed by atoms with Gasteiger partial charge in [-0.3, -0.25) is 4.48 Å². The van der Waals surface area contributed by atoms with Crippen LogP contribution in [0.4, 0.5) is 26.3 Å². The van der Waals surface area contributed by atoms with Crippen molar-refractivity contribution in [1.82, 2.24) is 0 Å². The van der Waals surface area contributed by atoms with Crippen molar-refractivity contribution in [3.05, 3.63) is 0 Å². The topological polar surface area (TPSA) is 96.0 Å². The zero-order valence-corrected chi connectivity index (χ0v) is 22.1. The Bertz CT molecular complexity index is 839. The molecule has 1 fully saturated rings. The van der Waals surface area contributed by atoms with Gasteiger partial charge in [0.1, 0.15) is 0 Å². The first-order chi connectivity index (χ1) is 15.4. The van der Waals surface area contributed by atoms with Crippen molar-refractivity contribution in [2.45, 2.75) is 66.7 Å². The predicted octanol–water partition coefficient (Wildman–Crippen LogP) is 3.58. The Labute approximate surface area is 197 Å². The van der Waals surface area contributed by atoms with Gasteiger partial charge in [-0.25, -0.2) is 16.8 Å². The van der Waals surface area contributed by atoms with Crippen LogP contribution in [-0.2, 0) is 33.0 Å². The number of alkyl halides is 6. The van der Waals surface area contributed by atoms with E-state index >= 15 is 0 Å². The SMILES string of the molecule is CCCC[N+]1(CCCC[Si](OC)(OC)OC)CCCC1(S(=O)(=O)C(F)(F)F)S(=O)(=O)C(F)(F)F. The maximum absolute atomic E-state index is 13.7. The van der Waals surface area contributed by atoms with Gasteiger partial charge in [0.25, 0.3) is 0 Å². The largest absolute Gasteiger partial charge is 0.504 e. The van der Waals surface area contributed by atoms with Gasteiger partial charge < -0.3 is 13.3 Å². The molecule has 0 N–H and O–H groups in total. The lowest BCUT2D eigenvalue weighted by Gasteiger charge is -2.47. The summed E-state index contributed by atoms with van der Waals surface area (Å²) >= 11 is 0. The fourth-order valence-electron chi connectivity index (χ4n) is 4.75. The second-order valence-corrected chi connectivity index (χ2v) is 15.8. The average molecular weight is 569 g/mol. The number of unbranched alkanes of at least 4 members (excludes halogenated alkanes) is 2. The van der Waals surface area contributed by atoms with Crippen molar-refractivity contribution in [2.24, 2.45) is 0 Å². The van der Waals surface area contributed by atoms with Gasteiger partial charge in [0.2, 0.25) is 0 Å². The van der Waals surface area contributed by atoms with E-state index in [0.717, 1.165) is 0 Å². The van der Waals surface area contributed by atoms with E-state index in [1.54, 1.807) is 6.92 Å². The quantitative estimate of drug-likeness (QED) is 0.145. The molecule has 0 aromatic rings. The van der Waals surface area contributed by atoms with Crippen molar-refractivity contribution in [3.63, 3.8) is 0 Å². The van der Waals surface area contributed by atoms with E-state index in [9.17, 15) is 43.2 Å². The molecule has 0 saturated carbocycles. The number of nitrogens with zero attached hydrogens (tertiary/aromatic N) is 1. The Morgan fingerprint density at radius 1 is 0.824 bits per heavy atom. The van der Waals surface area contributed by atoms with E-state index in [4.69, 9.17) is 13.3 Å². The second kappa shape index (κ2) is 10.9. The van der Waals surface area contributed by atoms with Crippen molar-refractivity contribution in [2.75, 3.05) is 41.0 Å². The molecular formula is C17H32F6NO7S2Si+. The van der Waals surface area contributed by atoms with Crippen LogP contribution < -0.4 is 0 Å². The summed E-state index contributed by atoms with van der Waals surface area (Å²) in [5.74, 6) is 0. The van der Waals surface area contributed by atoms with Gasteiger partial charge in [-0.1, -0.05) is 13.3 Å². The third kappa shape index (κ3) is 5.15. The van der Waals surface area contributed by atoms with Crippen LogP contribution >= 0.6 is 0 Å². The van der Waals surface area contributed by atoms with Crippen LogP contribution in [-0.4, -0.2) is 86.3 Å². The number of likely N-dealkylation sites (tertiary alicyclic amines) is 1. The molecule has 0 aromatic heterocycles. The van der Waals surface area contributed by atoms with E-state index in [-0.39, 0.29) is 25.3 Å². The second-order valence-electron chi connectivity index (χ2n) is 8.14. The lowest BCUT2D eigenvalue weighted by atomic mass is 10.2. The van der Waals surface area contributed by atoms with E-state index in [0.29, 0.717) is 6.42 Å². The summed E-state index contributed by atoms with van der Waals surface area (Å²) in [7, 11) is -12.7. The molecule has 8 nitrogen and oxygen atoms in total. The summed E-state index contributed by atoms with van der Waals surface area (Å²) < 4.78 is 143. The van der Waals surface area contributed by atoms with Gasteiger partial charge in [-0.05, 0) is 19.3 Å². The Balaban J connectivity index is 3.65. The summed E-state index contributed by atoms with van der Waals surface area (Å²) in [6.45, 7) is 0.168. The number of hydrogen-bond donors (Lipinski definition) is 0. The minimum absolute atomic E-state index is 0.0371. The lowest BCUT2D eigenvalue weighted by Crippen LogP contribution is -2.72. The third-order valence-electron chi connectivity index (χ3n) is 6.44. The molecule has 0 spiro atoms. The highest BCUT2D eigenvalue weighted by molar-refractivity contribution is 8.10. The predicted molar refractivity (Wildman–Crippen MR) is 113 cm³/mol. The molecule has 34 heavy (non-hydrogen) atoms. The highest BCUT2D eigenvalue weighted by atomic mass is 32.3. The average Bonchev–Trinajstić information content (AvgIpc) is 3.12. The molecule has 1 aliphatic rings. The summed E-state index contributed by atoms with van der Waals surface area (Å²) in [6, 6.07) is 0.148. The first-order valence-electron chi connectivity index (χ1n) is 10.5. The number of halogens is 6. The number of quaternary nitrogens is 1. The van der Waals surface area contributed by atoms with Crippen LogP contribution in [0.3, 0.4) is 0 Å². The van der Waals surface area contributed by atoms with Gasteiger partial charge in [0, 0.05) is 40.2 Å². The molecule has 1 unspecified atom stereocenters. The minimum Gasteiger partial charge on any atom is -0.377 e. The Morgan fingerprint density at radius 3 is 1.65 bits per heavy atom. The number of sulfone groups is 2. The molecule has 0 radical (unpaired) electrons. The Morgan fingerprint density at radius 2 is 1.26 bits per heavy atom. The van der Waals surface area contributed by atoms with Gasteiger partial charge >= 0.3 is 43.7 Å². The molecule has 1 saturated heterocycles. The molecular weight excluding hydrogens is 536 g/mol. The van der Waals surface area contributed by atoms with Crippen molar-refractivity contribution < 1.29 is 60.9 Å². The van der Waals surface area contributed by atoms with E-state index in [1.807, 2.05) is 0 Å². The molecule has 0 amide bonds. The van der Waals surface area contributed by atoms with Crippen LogP contribution in [0.1, 0.15) is 45.4 Å². The first kappa shape index (κ1) is 31.6. The van der Waals surface area contributed by atoms with Crippen molar-refractivity contribution >= 4 is 28.5 Å². The molecule has 17 heteroatoms. The van der Waals surface area contributed by atoms with Crippen LogP contribution in [0.25, 0.3) is 0 Å². The van der Waals surface area contributed by atoms with Crippen LogP contribution in [0.15, 0.2) is 0 Å². The smallest absolute Gasteiger partial charge is 0.377 e. The summed E-state index contributed by atoms with van der Waals surface area (Å²) in [4.78, 5) is 0. The van der Waals surface area contributed by atoms with Gasteiger partial charge in [-0.15, -0.1) is 0 Å². The van der Waals surface area contributed by atoms with Crippen molar-refractivity contribution in [3.8, 4) is 0 Å². The third-order valence-corrected chi connectivity index (χ3v) is 14.7. The fraction of sp³-hybridized carbons (Fsp3) is 1.00. The Hall–Kier alpha value is -0.463. The summed E-state index contributed by atoms with van der Waals surface area (Å²) in [5, 5.41) is 0. The van der Waals surface area contributed by atoms with Gasteiger partial charge in [0.05, 0.1) is 19.6 Å². The standard InChI is InChI=1S/C17H32F6NO7S2Si/c1-5-6-11-24(12-7-8-14-34(29-2,30-3)31-4)13-9-10-15(24,32(25,26)16(18,19)20)33(27,28)17(21,22)23/h5-14H2,1-4H3/q+1. The molecule has 0 aliphatic carbocycles. The highest BCUT2D eigenvalue weighted by Gasteiger charge is 2.82. The monoisotopic (exact) mass is 568 g/mol. The van der Waals surface area contributed by atoms with E-state index < -0.39 is 80.7 Å². The highest BCUT2D eigenvalue weighted by Crippen LogP contribution is 2.54. The summed E-state index contributed by atoms with van der Waals surface area (Å²) in [5.41, 5.74) is -12.4. The van der Waals surface area contributed by atoms with Gasteiger partial charge in [-0.2, -0.15) is 26.3 Å². The van der Waals surface area contributed by atoms with Crippen LogP contribution in [0.5, 0.6) is 0 Å². The Kier molecular flexibility index (Phi) is 10.1. The number of rotatable bonds is 13.